The Morgan fingerprint density at radius 2 is 1.95 bits per heavy atom. The van der Waals surface area contributed by atoms with Crippen LogP contribution in [0.1, 0.15) is 48.5 Å². The van der Waals surface area contributed by atoms with E-state index in [4.69, 9.17) is 18.9 Å². The predicted octanol–water partition coefficient (Wildman–Crippen LogP) is 5.40. The smallest absolute Gasteiger partial charge is 0.307 e. The number of ether oxygens (including phenoxy) is 4. The van der Waals surface area contributed by atoms with E-state index in [1.807, 2.05) is 36.4 Å². The molecule has 3 aromatic rings. The van der Waals surface area contributed by atoms with E-state index in [1.165, 1.54) is 13.2 Å². The summed E-state index contributed by atoms with van der Waals surface area (Å²) in [5, 5.41) is 0. The van der Waals surface area contributed by atoms with E-state index in [0.717, 1.165) is 22.3 Å². The Kier molecular flexibility index (Phi) is 7.38. The zero-order valence-electron chi connectivity index (χ0n) is 20.8. The van der Waals surface area contributed by atoms with Gasteiger partial charge in [-0.15, -0.1) is 5.92 Å². The third kappa shape index (κ3) is 5.45. The van der Waals surface area contributed by atoms with Crippen molar-refractivity contribution in [2.24, 2.45) is 0 Å². The number of esters is 1. The summed E-state index contributed by atoms with van der Waals surface area (Å²) in [7, 11) is 1.37. The highest BCUT2D eigenvalue weighted by molar-refractivity contribution is 5.71. The summed E-state index contributed by atoms with van der Waals surface area (Å²) in [5.41, 5.74) is 4.30. The van der Waals surface area contributed by atoms with Crippen LogP contribution in [0.15, 0.2) is 54.7 Å². The minimum absolute atomic E-state index is 0.0544. The van der Waals surface area contributed by atoms with Crippen LogP contribution < -0.4 is 9.47 Å². The molecule has 0 radical (unpaired) electrons. The fourth-order valence-electron chi connectivity index (χ4n) is 4.74. The van der Waals surface area contributed by atoms with Crippen LogP contribution in [0.3, 0.4) is 0 Å². The third-order valence-corrected chi connectivity index (χ3v) is 6.70. The first kappa shape index (κ1) is 24.8. The van der Waals surface area contributed by atoms with Crippen LogP contribution in [0.2, 0.25) is 0 Å². The average molecular weight is 502 g/mol. The van der Waals surface area contributed by atoms with Crippen LogP contribution >= 0.6 is 0 Å². The second-order valence-corrected chi connectivity index (χ2v) is 9.09. The highest BCUT2D eigenvalue weighted by Gasteiger charge is 2.30. The van der Waals surface area contributed by atoms with E-state index in [-0.39, 0.29) is 30.2 Å². The topological polar surface area (TPSA) is 66.9 Å². The van der Waals surface area contributed by atoms with Crippen molar-refractivity contribution < 1.29 is 28.1 Å². The second-order valence-electron chi connectivity index (χ2n) is 9.09. The second kappa shape index (κ2) is 11.0. The molecule has 1 aliphatic heterocycles. The van der Waals surface area contributed by atoms with E-state index in [9.17, 15) is 4.79 Å². The summed E-state index contributed by atoms with van der Waals surface area (Å²) >= 11 is 0. The molecule has 37 heavy (non-hydrogen) atoms. The van der Waals surface area contributed by atoms with Crippen molar-refractivity contribution in [3.05, 3.63) is 77.2 Å². The Labute approximate surface area is 215 Å². The van der Waals surface area contributed by atoms with Crippen molar-refractivity contribution in [2.45, 2.75) is 44.3 Å². The minimum Gasteiger partial charge on any atom is -0.486 e. The van der Waals surface area contributed by atoms with Gasteiger partial charge in [0.15, 0.2) is 0 Å². The molecule has 2 aliphatic rings. The normalized spacial score (nSPS) is 17.1. The molecule has 5 rings (SSSR count). The number of rotatable bonds is 8. The number of aromatic nitrogens is 1. The molecule has 2 aromatic carbocycles. The molecule has 0 N–H and O–H groups in total. The number of carbonyl (C=O) groups excluding carboxylic acids is 1. The van der Waals surface area contributed by atoms with Gasteiger partial charge in [-0.3, -0.25) is 4.79 Å². The molecule has 1 fully saturated rings. The maximum absolute atomic E-state index is 15.0. The first-order valence-electron chi connectivity index (χ1n) is 12.3. The van der Waals surface area contributed by atoms with Gasteiger partial charge in [0.25, 0.3) is 0 Å². The fraction of sp³-hybridized carbons (Fsp3) is 0.333. The van der Waals surface area contributed by atoms with Crippen molar-refractivity contribution in [1.82, 2.24) is 4.98 Å². The van der Waals surface area contributed by atoms with Gasteiger partial charge in [-0.2, -0.15) is 0 Å². The van der Waals surface area contributed by atoms with Crippen LogP contribution in [0, 0.1) is 17.7 Å². The minimum atomic E-state index is -0.392. The summed E-state index contributed by atoms with van der Waals surface area (Å²) < 4.78 is 36.9. The summed E-state index contributed by atoms with van der Waals surface area (Å²) in [6.45, 7) is 2.91. The van der Waals surface area contributed by atoms with E-state index in [2.05, 4.69) is 16.8 Å². The largest absolute Gasteiger partial charge is 0.486 e. The van der Waals surface area contributed by atoms with Crippen molar-refractivity contribution in [2.75, 3.05) is 20.3 Å². The van der Waals surface area contributed by atoms with Crippen LogP contribution in [0.4, 0.5) is 4.39 Å². The van der Waals surface area contributed by atoms with E-state index in [1.54, 1.807) is 19.2 Å². The zero-order valence-corrected chi connectivity index (χ0v) is 20.8. The number of hydrogen-bond donors (Lipinski definition) is 0. The lowest BCUT2D eigenvalue weighted by atomic mass is 9.96. The average Bonchev–Trinajstić information content (AvgIpc) is 3.31. The molecule has 1 saturated heterocycles. The third-order valence-electron chi connectivity index (χ3n) is 6.70. The Balaban J connectivity index is 1.32. The highest BCUT2D eigenvalue weighted by atomic mass is 19.1. The quantitative estimate of drug-likeness (QED) is 0.304. The van der Waals surface area contributed by atoms with Gasteiger partial charge in [0.05, 0.1) is 32.7 Å². The molecule has 0 spiro atoms. The molecule has 0 amide bonds. The number of nitrogens with zero attached hydrogens (tertiary/aromatic N) is 1. The number of hydrogen-bond acceptors (Lipinski definition) is 6. The molecule has 2 heterocycles. The molecular weight excluding hydrogens is 473 g/mol. The lowest BCUT2D eigenvalue weighted by Crippen LogP contribution is -2.38. The SMILES string of the molecule is CC#C[C@@H](CC(=O)OC)c1ccc(O[C@@H]2CCc3c(-c4ccc(OC5COC5)nc4)ccc(F)c32)cc1. The first-order chi connectivity index (χ1) is 18.1. The zero-order chi connectivity index (χ0) is 25.8. The van der Waals surface area contributed by atoms with Crippen molar-refractivity contribution >= 4 is 5.97 Å². The molecule has 0 saturated carbocycles. The maximum Gasteiger partial charge on any atom is 0.307 e. The van der Waals surface area contributed by atoms with Crippen LogP contribution in [0.25, 0.3) is 11.1 Å². The molecule has 6 nitrogen and oxygen atoms in total. The number of methoxy groups -OCH3 is 1. The van der Waals surface area contributed by atoms with E-state index >= 15 is 4.39 Å². The fourth-order valence-corrected chi connectivity index (χ4v) is 4.74. The van der Waals surface area contributed by atoms with Crippen molar-refractivity contribution in [3.8, 4) is 34.6 Å². The molecule has 1 aliphatic carbocycles. The molecule has 0 bridgehead atoms. The first-order valence-corrected chi connectivity index (χ1v) is 12.3. The van der Waals surface area contributed by atoms with Gasteiger partial charge < -0.3 is 18.9 Å². The summed E-state index contributed by atoms with van der Waals surface area (Å²) in [5.74, 6) is 6.28. The Bertz CT molecular complexity index is 1320. The lowest BCUT2D eigenvalue weighted by Gasteiger charge is -2.26. The maximum atomic E-state index is 15.0. The highest BCUT2D eigenvalue weighted by Crippen LogP contribution is 2.42. The summed E-state index contributed by atoms with van der Waals surface area (Å²) in [6.07, 6.45) is 2.98. The number of halogens is 1. The summed E-state index contributed by atoms with van der Waals surface area (Å²) in [4.78, 5) is 16.2. The Morgan fingerprint density at radius 3 is 2.59 bits per heavy atom. The Morgan fingerprint density at radius 1 is 1.14 bits per heavy atom. The summed E-state index contributed by atoms with van der Waals surface area (Å²) in [6, 6.07) is 14.5. The van der Waals surface area contributed by atoms with Crippen molar-refractivity contribution in [3.63, 3.8) is 0 Å². The standard InChI is InChI=1S/C30H28FNO5/c1-3-4-20(15-29(33)34-2)19-5-8-22(9-6-19)36-27-13-11-25-24(10-12-26(31)30(25)27)21-7-14-28(32-16-21)37-23-17-35-18-23/h5-10,12,14,16,20,23,27H,11,13,15,17-18H2,1-2H3/t20-,27+/m0/s1. The van der Waals surface area contributed by atoms with Gasteiger partial charge in [-0.25, -0.2) is 9.37 Å². The molecule has 7 heteroatoms. The van der Waals surface area contributed by atoms with Gasteiger partial charge in [-0.05, 0) is 60.7 Å². The molecular formula is C30H28FNO5. The van der Waals surface area contributed by atoms with Crippen LogP contribution in [-0.2, 0) is 20.7 Å². The molecule has 0 unspecified atom stereocenters. The van der Waals surface area contributed by atoms with Gasteiger partial charge in [0.2, 0.25) is 5.88 Å². The number of benzene rings is 2. The van der Waals surface area contributed by atoms with Crippen molar-refractivity contribution in [1.29, 1.82) is 0 Å². The van der Waals surface area contributed by atoms with Gasteiger partial charge in [0.1, 0.15) is 23.8 Å². The van der Waals surface area contributed by atoms with Gasteiger partial charge in [0, 0.05) is 23.4 Å². The predicted molar refractivity (Wildman–Crippen MR) is 136 cm³/mol. The number of carbonyl (C=O) groups is 1. The lowest BCUT2D eigenvalue weighted by molar-refractivity contribution is -0.140. The monoisotopic (exact) mass is 501 g/mol. The molecule has 1 aromatic heterocycles. The van der Waals surface area contributed by atoms with E-state index in [0.29, 0.717) is 43.2 Å². The molecule has 2 atom stereocenters. The number of fused-ring (bicyclic) bond motifs is 1. The van der Waals surface area contributed by atoms with Crippen LogP contribution in [0.5, 0.6) is 11.6 Å². The van der Waals surface area contributed by atoms with E-state index < -0.39 is 6.10 Å². The van der Waals surface area contributed by atoms with Gasteiger partial charge in [-0.1, -0.05) is 24.1 Å². The number of pyridine rings is 1. The Hall–Kier alpha value is -3.89. The van der Waals surface area contributed by atoms with Gasteiger partial charge >= 0.3 is 5.97 Å². The van der Waals surface area contributed by atoms with Crippen LogP contribution in [-0.4, -0.2) is 37.4 Å². The molecule has 190 valence electrons.